The van der Waals surface area contributed by atoms with E-state index in [1.165, 1.54) is 19.5 Å². The standard InChI is InChI=1S/C19H30N2O2/c1-15-12-16(2)14-21(13-15)11-7-6-10-20-19(22)17-8-4-5-9-18(17)23-3/h4-5,8-9,15-16H,6-7,10-14H2,1-3H3,(H,20,22). The van der Waals surface area contributed by atoms with E-state index in [1.54, 1.807) is 13.2 Å². The molecule has 2 rings (SSSR count). The summed E-state index contributed by atoms with van der Waals surface area (Å²) in [6.45, 7) is 8.98. The van der Waals surface area contributed by atoms with E-state index in [0.29, 0.717) is 11.3 Å². The first kappa shape index (κ1) is 17.8. The SMILES string of the molecule is COc1ccccc1C(=O)NCCCCN1CC(C)CC(C)C1. The smallest absolute Gasteiger partial charge is 0.255 e. The quantitative estimate of drug-likeness (QED) is 0.785. The van der Waals surface area contributed by atoms with E-state index >= 15 is 0 Å². The van der Waals surface area contributed by atoms with Crippen LogP contribution in [0.4, 0.5) is 0 Å². The van der Waals surface area contributed by atoms with Crippen molar-refractivity contribution in [3.63, 3.8) is 0 Å². The molecular formula is C19H30N2O2. The minimum atomic E-state index is -0.0531. The topological polar surface area (TPSA) is 41.6 Å². The Bertz CT molecular complexity index is 494. The zero-order chi connectivity index (χ0) is 16.7. The number of likely N-dealkylation sites (tertiary alicyclic amines) is 1. The van der Waals surface area contributed by atoms with Crippen LogP contribution in [0.25, 0.3) is 0 Å². The van der Waals surface area contributed by atoms with Gasteiger partial charge in [0.15, 0.2) is 0 Å². The first-order valence-electron chi connectivity index (χ1n) is 8.73. The molecule has 1 saturated heterocycles. The molecule has 2 atom stereocenters. The lowest BCUT2D eigenvalue weighted by molar-refractivity contribution is 0.0948. The summed E-state index contributed by atoms with van der Waals surface area (Å²) in [4.78, 5) is 14.7. The maximum Gasteiger partial charge on any atom is 0.255 e. The van der Waals surface area contributed by atoms with E-state index in [9.17, 15) is 4.79 Å². The fourth-order valence-corrected chi connectivity index (χ4v) is 3.56. The van der Waals surface area contributed by atoms with Crippen molar-refractivity contribution in [3.8, 4) is 5.75 Å². The highest BCUT2D eigenvalue weighted by molar-refractivity contribution is 5.96. The number of para-hydroxylation sites is 1. The van der Waals surface area contributed by atoms with Crippen molar-refractivity contribution in [2.24, 2.45) is 11.8 Å². The molecule has 2 unspecified atom stereocenters. The Kier molecular flexibility index (Phi) is 6.90. The third-order valence-electron chi connectivity index (χ3n) is 4.48. The Morgan fingerprint density at radius 3 is 2.61 bits per heavy atom. The molecule has 0 bridgehead atoms. The Morgan fingerprint density at radius 2 is 1.91 bits per heavy atom. The van der Waals surface area contributed by atoms with E-state index in [0.717, 1.165) is 37.8 Å². The Hall–Kier alpha value is -1.55. The van der Waals surface area contributed by atoms with Crippen LogP contribution in [0.3, 0.4) is 0 Å². The van der Waals surface area contributed by atoms with Gasteiger partial charge in [0.2, 0.25) is 0 Å². The minimum Gasteiger partial charge on any atom is -0.496 e. The number of hydrogen-bond acceptors (Lipinski definition) is 3. The number of carbonyl (C=O) groups is 1. The first-order chi connectivity index (χ1) is 11.1. The van der Waals surface area contributed by atoms with Crippen LogP contribution < -0.4 is 10.1 Å². The van der Waals surface area contributed by atoms with Crippen molar-refractivity contribution in [1.29, 1.82) is 0 Å². The maximum atomic E-state index is 12.2. The lowest BCUT2D eigenvalue weighted by Gasteiger charge is -2.34. The van der Waals surface area contributed by atoms with Gasteiger partial charge in [-0.25, -0.2) is 0 Å². The van der Waals surface area contributed by atoms with Gasteiger partial charge in [-0.2, -0.15) is 0 Å². The van der Waals surface area contributed by atoms with Gasteiger partial charge >= 0.3 is 0 Å². The van der Waals surface area contributed by atoms with E-state index in [-0.39, 0.29) is 5.91 Å². The summed E-state index contributed by atoms with van der Waals surface area (Å²) in [6.07, 6.45) is 3.50. The molecule has 4 nitrogen and oxygen atoms in total. The van der Waals surface area contributed by atoms with Crippen molar-refractivity contribution in [2.75, 3.05) is 33.3 Å². The third-order valence-corrected chi connectivity index (χ3v) is 4.48. The second kappa shape index (κ2) is 8.92. The molecule has 1 fully saturated rings. The molecule has 0 aromatic heterocycles. The predicted octanol–water partition coefficient (Wildman–Crippen LogP) is 3.18. The number of hydrogen-bond donors (Lipinski definition) is 1. The fourth-order valence-electron chi connectivity index (χ4n) is 3.56. The largest absolute Gasteiger partial charge is 0.496 e. The molecule has 0 saturated carbocycles. The summed E-state index contributed by atoms with van der Waals surface area (Å²) in [7, 11) is 1.59. The fraction of sp³-hybridized carbons (Fsp3) is 0.632. The molecule has 23 heavy (non-hydrogen) atoms. The highest BCUT2D eigenvalue weighted by Crippen LogP contribution is 2.21. The van der Waals surface area contributed by atoms with Crippen LogP contribution in [0, 0.1) is 11.8 Å². The average Bonchev–Trinajstić information content (AvgIpc) is 2.53. The molecule has 0 radical (unpaired) electrons. The van der Waals surface area contributed by atoms with Gasteiger partial charge in [0.25, 0.3) is 5.91 Å². The lowest BCUT2D eigenvalue weighted by atomic mass is 9.92. The molecular weight excluding hydrogens is 288 g/mol. The molecule has 128 valence electrons. The third kappa shape index (κ3) is 5.54. The van der Waals surface area contributed by atoms with Crippen LogP contribution in [0.5, 0.6) is 5.75 Å². The Morgan fingerprint density at radius 1 is 1.22 bits per heavy atom. The summed E-state index contributed by atoms with van der Waals surface area (Å²) in [5.41, 5.74) is 0.605. The van der Waals surface area contributed by atoms with Crippen LogP contribution >= 0.6 is 0 Å². The molecule has 1 aliphatic heterocycles. The molecule has 0 spiro atoms. The second-order valence-corrected chi connectivity index (χ2v) is 6.87. The second-order valence-electron chi connectivity index (χ2n) is 6.87. The molecule has 1 aromatic carbocycles. The van der Waals surface area contributed by atoms with E-state index in [2.05, 4.69) is 24.1 Å². The monoisotopic (exact) mass is 318 g/mol. The van der Waals surface area contributed by atoms with Gasteiger partial charge in [0.05, 0.1) is 12.7 Å². The van der Waals surface area contributed by atoms with E-state index < -0.39 is 0 Å². The van der Waals surface area contributed by atoms with E-state index in [4.69, 9.17) is 4.74 Å². The van der Waals surface area contributed by atoms with Crippen LogP contribution in [-0.2, 0) is 0 Å². The van der Waals surface area contributed by atoms with Crippen LogP contribution in [0.2, 0.25) is 0 Å². The Labute approximate surface area is 140 Å². The molecule has 1 aromatic rings. The number of benzene rings is 1. The zero-order valence-corrected chi connectivity index (χ0v) is 14.7. The van der Waals surface area contributed by atoms with Gasteiger partial charge in [0.1, 0.15) is 5.75 Å². The number of rotatable bonds is 7. The Balaban J connectivity index is 1.66. The van der Waals surface area contributed by atoms with Gasteiger partial charge in [-0.15, -0.1) is 0 Å². The molecule has 1 aliphatic rings. The van der Waals surface area contributed by atoms with Crippen molar-refractivity contribution in [2.45, 2.75) is 33.1 Å². The average molecular weight is 318 g/mol. The van der Waals surface area contributed by atoms with Gasteiger partial charge in [0, 0.05) is 19.6 Å². The summed E-state index contributed by atoms with van der Waals surface area (Å²) in [6, 6.07) is 7.34. The maximum absolute atomic E-state index is 12.2. The molecule has 0 aliphatic carbocycles. The highest BCUT2D eigenvalue weighted by Gasteiger charge is 2.21. The molecule has 1 heterocycles. The number of piperidine rings is 1. The first-order valence-corrected chi connectivity index (χ1v) is 8.73. The lowest BCUT2D eigenvalue weighted by Crippen LogP contribution is -2.39. The molecule has 4 heteroatoms. The molecule has 1 amide bonds. The normalized spacial score (nSPS) is 21.9. The number of carbonyl (C=O) groups excluding carboxylic acids is 1. The van der Waals surface area contributed by atoms with Crippen LogP contribution in [0.15, 0.2) is 24.3 Å². The number of ether oxygens (including phenoxy) is 1. The van der Waals surface area contributed by atoms with Crippen molar-refractivity contribution >= 4 is 5.91 Å². The van der Waals surface area contributed by atoms with Crippen molar-refractivity contribution in [1.82, 2.24) is 10.2 Å². The van der Waals surface area contributed by atoms with Crippen molar-refractivity contribution < 1.29 is 9.53 Å². The van der Waals surface area contributed by atoms with Gasteiger partial charge in [-0.05, 0) is 49.8 Å². The molecule has 1 N–H and O–H groups in total. The number of nitrogens with zero attached hydrogens (tertiary/aromatic N) is 1. The van der Waals surface area contributed by atoms with Crippen molar-refractivity contribution in [3.05, 3.63) is 29.8 Å². The summed E-state index contributed by atoms with van der Waals surface area (Å²) in [5.74, 6) is 2.19. The number of amides is 1. The van der Waals surface area contributed by atoms with Crippen LogP contribution in [-0.4, -0.2) is 44.1 Å². The van der Waals surface area contributed by atoms with Gasteiger partial charge in [-0.1, -0.05) is 26.0 Å². The van der Waals surface area contributed by atoms with Crippen LogP contribution in [0.1, 0.15) is 43.5 Å². The number of methoxy groups -OCH3 is 1. The van der Waals surface area contributed by atoms with E-state index in [1.807, 2.05) is 18.2 Å². The number of unbranched alkanes of at least 4 members (excludes halogenated alkanes) is 1. The highest BCUT2D eigenvalue weighted by atomic mass is 16.5. The number of nitrogens with one attached hydrogen (secondary N) is 1. The zero-order valence-electron chi connectivity index (χ0n) is 14.7. The summed E-state index contributed by atoms with van der Waals surface area (Å²) >= 11 is 0. The van der Waals surface area contributed by atoms with Gasteiger partial charge < -0.3 is 15.0 Å². The minimum absolute atomic E-state index is 0.0531. The van der Waals surface area contributed by atoms with Gasteiger partial charge in [-0.3, -0.25) is 4.79 Å². The predicted molar refractivity (Wildman–Crippen MR) is 93.9 cm³/mol. The summed E-state index contributed by atoms with van der Waals surface area (Å²) in [5, 5.41) is 2.99. The summed E-state index contributed by atoms with van der Waals surface area (Å²) < 4.78 is 5.23.